The van der Waals surface area contributed by atoms with Crippen molar-refractivity contribution in [3.05, 3.63) is 0 Å². The van der Waals surface area contributed by atoms with Crippen LogP contribution in [0.4, 0.5) is 0 Å². The Balaban J connectivity index is 3.30. The SMILES string of the molecule is COC(C)CCC(=O)NCCCCCC(=O)O. The molecule has 1 unspecified atom stereocenters. The highest BCUT2D eigenvalue weighted by atomic mass is 16.5. The lowest BCUT2D eigenvalue weighted by Crippen LogP contribution is -2.25. The number of aliphatic carboxylic acids is 1. The van der Waals surface area contributed by atoms with Gasteiger partial charge in [0.05, 0.1) is 6.10 Å². The van der Waals surface area contributed by atoms with Crippen LogP contribution >= 0.6 is 0 Å². The van der Waals surface area contributed by atoms with E-state index in [0.717, 1.165) is 19.3 Å². The third-order valence-corrected chi connectivity index (χ3v) is 2.57. The number of rotatable bonds is 10. The van der Waals surface area contributed by atoms with Gasteiger partial charge in [0.2, 0.25) is 5.91 Å². The summed E-state index contributed by atoms with van der Waals surface area (Å²) in [6.07, 6.45) is 3.85. The molecule has 0 heterocycles. The molecule has 0 aliphatic heterocycles. The van der Waals surface area contributed by atoms with Crippen LogP contribution in [0, 0.1) is 0 Å². The molecule has 0 aromatic rings. The van der Waals surface area contributed by atoms with E-state index in [1.807, 2.05) is 6.92 Å². The van der Waals surface area contributed by atoms with Crippen molar-refractivity contribution in [3.63, 3.8) is 0 Å². The molecule has 17 heavy (non-hydrogen) atoms. The Bertz CT molecular complexity index is 231. The fourth-order valence-corrected chi connectivity index (χ4v) is 1.35. The van der Waals surface area contributed by atoms with Crippen LogP contribution in [0.5, 0.6) is 0 Å². The molecule has 5 nitrogen and oxygen atoms in total. The summed E-state index contributed by atoms with van der Waals surface area (Å²) in [6.45, 7) is 2.55. The Labute approximate surface area is 103 Å². The number of amides is 1. The van der Waals surface area contributed by atoms with Gasteiger partial charge in [-0.05, 0) is 26.2 Å². The molecule has 0 aliphatic rings. The van der Waals surface area contributed by atoms with Crippen LogP contribution < -0.4 is 5.32 Å². The predicted octanol–water partition coefficient (Wildman–Crippen LogP) is 1.56. The number of nitrogens with one attached hydrogen (secondary N) is 1. The van der Waals surface area contributed by atoms with Gasteiger partial charge in [0.25, 0.3) is 0 Å². The maximum Gasteiger partial charge on any atom is 0.303 e. The van der Waals surface area contributed by atoms with Crippen LogP contribution in [0.15, 0.2) is 0 Å². The summed E-state index contributed by atoms with van der Waals surface area (Å²) in [5.74, 6) is -0.727. The van der Waals surface area contributed by atoms with Gasteiger partial charge in [-0.3, -0.25) is 9.59 Å². The van der Waals surface area contributed by atoms with Crippen LogP contribution in [0.25, 0.3) is 0 Å². The standard InChI is InChI=1S/C12H23NO4/c1-10(17-2)7-8-11(14)13-9-5-3-4-6-12(15)16/h10H,3-9H2,1-2H3,(H,13,14)(H,15,16). The van der Waals surface area contributed by atoms with Crippen LogP contribution in [0.3, 0.4) is 0 Å². The minimum atomic E-state index is -0.761. The first-order chi connectivity index (χ1) is 8.06. The molecule has 5 heteroatoms. The number of ether oxygens (including phenoxy) is 1. The lowest BCUT2D eigenvalue weighted by atomic mass is 10.2. The van der Waals surface area contributed by atoms with Crippen molar-refractivity contribution >= 4 is 11.9 Å². The normalized spacial score (nSPS) is 12.1. The van der Waals surface area contributed by atoms with Crippen molar-refractivity contribution in [2.75, 3.05) is 13.7 Å². The molecule has 1 atom stereocenters. The minimum absolute atomic E-state index is 0.0344. The summed E-state index contributed by atoms with van der Waals surface area (Å²) in [4.78, 5) is 21.6. The number of methoxy groups -OCH3 is 1. The number of unbranched alkanes of at least 4 members (excludes halogenated alkanes) is 2. The molecule has 100 valence electrons. The average molecular weight is 245 g/mol. The van der Waals surface area contributed by atoms with E-state index in [1.165, 1.54) is 0 Å². The van der Waals surface area contributed by atoms with Crippen molar-refractivity contribution in [1.82, 2.24) is 5.32 Å². The maximum atomic E-state index is 11.3. The first-order valence-corrected chi connectivity index (χ1v) is 6.07. The van der Waals surface area contributed by atoms with Crippen LogP contribution in [0.2, 0.25) is 0 Å². The molecule has 2 N–H and O–H groups in total. The summed E-state index contributed by atoms with van der Waals surface area (Å²) in [7, 11) is 1.63. The molecule has 0 aromatic carbocycles. The van der Waals surface area contributed by atoms with Crippen LogP contribution in [-0.2, 0) is 14.3 Å². The van der Waals surface area contributed by atoms with Gasteiger partial charge >= 0.3 is 5.97 Å². The third kappa shape index (κ3) is 11.2. The topological polar surface area (TPSA) is 75.6 Å². The van der Waals surface area contributed by atoms with E-state index in [9.17, 15) is 9.59 Å². The molecule has 0 aromatic heterocycles. The lowest BCUT2D eigenvalue weighted by molar-refractivity contribution is -0.137. The quantitative estimate of drug-likeness (QED) is 0.573. The predicted molar refractivity (Wildman–Crippen MR) is 64.8 cm³/mol. The van der Waals surface area contributed by atoms with Crippen molar-refractivity contribution in [2.24, 2.45) is 0 Å². The molecule has 0 fully saturated rings. The highest BCUT2D eigenvalue weighted by molar-refractivity contribution is 5.75. The number of carbonyl (C=O) groups is 2. The molecular formula is C12H23NO4. The molecule has 0 aliphatic carbocycles. The smallest absolute Gasteiger partial charge is 0.303 e. The van der Waals surface area contributed by atoms with E-state index < -0.39 is 5.97 Å². The first kappa shape index (κ1) is 15.9. The third-order valence-electron chi connectivity index (χ3n) is 2.57. The molecule has 0 spiro atoms. The van der Waals surface area contributed by atoms with Gasteiger partial charge in [0, 0.05) is 26.5 Å². The van der Waals surface area contributed by atoms with Gasteiger partial charge < -0.3 is 15.2 Å². The zero-order chi connectivity index (χ0) is 13.1. The number of carboxylic acid groups (broad SMARTS) is 1. The van der Waals surface area contributed by atoms with Gasteiger partial charge in [-0.25, -0.2) is 0 Å². The van der Waals surface area contributed by atoms with E-state index in [4.69, 9.17) is 9.84 Å². The van der Waals surface area contributed by atoms with Gasteiger partial charge in [-0.1, -0.05) is 6.42 Å². The van der Waals surface area contributed by atoms with E-state index in [2.05, 4.69) is 5.32 Å². The summed E-state index contributed by atoms with van der Waals surface area (Å²) in [5.41, 5.74) is 0. The van der Waals surface area contributed by atoms with Gasteiger partial charge in [-0.2, -0.15) is 0 Å². The van der Waals surface area contributed by atoms with E-state index >= 15 is 0 Å². The van der Waals surface area contributed by atoms with Crippen LogP contribution in [-0.4, -0.2) is 36.7 Å². The average Bonchev–Trinajstić information content (AvgIpc) is 2.30. The van der Waals surface area contributed by atoms with Crippen molar-refractivity contribution in [3.8, 4) is 0 Å². The van der Waals surface area contributed by atoms with Crippen molar-refractivity contribution < 1.29 is 19.4 Å². The fraction of sp³-hybridized carbons (Fsp3) is 0.833. The maximum absolute atomic E-state index is 11.3. The van der Waals surface area contributed by atoms with Gasteiger partial charge in [0.1, 0.15) is 0 Å². The van der Waals surface area contributed by atoms with Gasteiger partial charge in [0.15, 0.2) is 0 Å². The number of hydrogen-bond acceptors (Lipinski definition) is 3. The van der Waals surface area contributed by atoms with Crippen molar-refractivity contribution in [1.29, 1.82) is 0 Å². The summed E-state index contributed by atoms with van der Waals surface area (Å²) >= 11 is 0. The lowest BCUT2D eigenvalue weighted by Gasteiger charge is -2.09. The first-order valence-electron chi connectivity index (χ1n) is 6.07. The van der Waals surface area contributed by atoms with E-state index in [1.54, 1.807) is 7.11 Å². The number of hydrogen-bond donors (Lipinski definition) is 2. The largest absolute Gasteiger partial charge is 0.481 e. The Hall–Kier alpha value is -1.10. The Morgan fingerprint density at radius 2 is 1.94 bits per heavy atom. The fourth-order valence-electron chi connectivity index (χ4n) is 1.35. The molecule has 0 bridgehead atoms. The van der Waals surface area contributed by atoms with Gasteiger partial charge in [-0.15, -0.1) is 0 Å². The molecule has 0 saturated carbocycles. The highest BCUT2D eigenvalue weighted by Crippen LogP contribution is 2.01. The van der Waals surface area contributed by atoms with E-state index in [-0.39, 0.29) is 18.4 Å². The van der Waals surface area contributed by atoms with E-state index in [0.29, 0.717) is 19.4 Å². The molecular weight excluding hydrogens is 222 g/mol. The highest BCUT2D eigenvalue weighted by Gasteiger charge is 2.05. The van der Waals surface area contributed by atoms with Crippen molar-refractivity contribution in [2.45, 2.75) is 51.6 Å². The second-order valence-electron chi connectivity index (χ2n) is 4.14. The number of carbonyl (C=O) groups excluding carboxylic acids is 1. The monoisotopic (exact) mass is 245 g/mol. The Morgan fingerprint density at radius 3 is 2.53 bits per heavy atom. The Kier molecular flexibility index (Phi) is 9.43. The molecule has 0 rings (SSSR count). The Morgan fingerprint density at radius 1 is 1.24 bits per heavy atom. The zero-order valence-corrected chi connectivity index (χ0v) is 10.7. The molecule has 0 radical (unpaired) electrons. The second kappa shape index (κ2) is 10.1. The molecule has 1 amide bonds. The minimum Gasteiger partial charge on any atom is -0.481 e. The summed E-state index contributed by atoms with van der Waals surface area (Å²) in [5, 5.41) is 11.2. The summed E-state index contributed by atoms with van der Waals surface area (Å²) < 4.78 is 5.04. The zero-order valence-electron chi connectivity index (χ0n) is 10.7. The second-order valence-corrected chi connectivity index (χ2v) is 4.14. The molecule has 0 saturated heterocycles. The van der Waals surface area contributed by atoms with Crippen LogP contribution in [0.1, 0.15) is 45.4 Å². The summed E-state index contributed by atoms with van der Waals surface area (Å²) in [6, 6.07) is 0. The number of carboxylic acids is 1.